The Morgan fingerprint density at radius 3 is 2.85 bits per heavy atom. The second-order valence-corrected chi connectivity index (χ2v) is 7.76. The van der Waals surface area contributed by atoms with Crippen molar-refractivity contribution in [3.8, 4) is 0 Å². The fraction of sp³-hybridized carbons (Fsp3) is 0.250. The van der Waals surface area contributed by atoms with E-state index in [2.05, 4.69) is 15.0 Å². The third kappa shape index (κ3) is 3.42. The van der Waals surface area contributed by atoms with E-state index in [1.165, 1.54) is 11.5 Å². The number of nitrogens with one attached hydrogen (secondary N) is 2. The van der Waals surface area contributed by atoms with Gasteiger partial charge in [-0.15, -0.1) is 11.6 Å². The Labute approximate surface area is 165 Å². The van der Waals surface area contributed by atoms with Crippen LogP contribution in [0.25, 0.3) is 10.1 Å². The Kier molecular flexibility index (Phi) is 4.85. The number of carbonyl (C=O) groups is 2. The molecular formula is C20H18ClN3O2S. The molecule has 27 heavy (non-hydrogen) atoms. The number of hydrogen-bond donors (Lipinski definition) is 2. The quantitative estimate of drug-likeness (QED) is 0.661. The van der Waals surface area contributed by atoms with E-state index in [0.717, 1.165) is 26.8 Å². The van der Waals surface area contributed by atoms with E-state index in [0.29, 0.717) is 12.1 Å². The molecule has 0 fully saturated rings. The van der Waals surface area contributed by atoms with Crippen molar-refractivity contribution in [2.75, 3.05) is 5.88 Å². The third-order valence-corrected chi connectivity index (χ3v) is 5.90. The molecule has 2 N–H and O–H groups in total. The van der Waals surface area contributed by atoms with Crippen LogP contribution in [0.2, 0.25) is 0 Å². The molecule has 0 aliphatic heterocycles. The predicted octanol–water partition coefficient (Wildman–Crippen LogP) is 3.36. The predicted molar refractivity (Wildman–Crippen MR) is 107 cm³/mol. The maximum atomic E-state index is 12.9. The third-order valence-electron chi connectivity index (χ3n) is 4.83. The minimum Gasteiger partial charge on any atom is -0.346 e. The minimum absolute atomic E-state index is 0.116. The van der Waals surface area contributed by atoms with Crippen LogP contribution in [0.15, 0.2) is 42.5 Å². The van der Waals surface area contributed by atoms with Crippen LogP contribution in [0.3, 0.4) is 0 Å². The van der Waals surface area contributed by atoms with Gasteiger partial charge >= 0.3 is 0 Å². The van der Waals surface area contributed by atoms with Crippen LogP contribution in [0.1, 0.15) is 33.2 Å². The van der Waals surface area contributed by atoms with Crippen LogP contribution in [-0.4, -0.2) is 28.1 Å². The molecular weight excluding hydrogens is 382 g/mol. The Bertz CT molecular complexity index is 1030. The van der Waals surface area contributed by atoms with E-state index in [9.17, 15) is 9.59 Å². The van der Waals surface area contributed by atoms with Crippen molar-refractivity contribution in [2.24, 2.45) is 0 Å². The van der Waals surface area contributed by atoms with Gasteiger partial charge in [-0.2, -0.15) is 4.37 Å². The summed E-state index contributed by atoms with van der Waals surface area (Å²) in [7, 11) is 0. The number of amides is 2. The highest BCUT2D eigenvalue weighted by Crippen LogP contribution is 2.32. The average Bonchev–Trinajstić information content (AvgIpc) is 3.23. The van der Waals surface area contributed by atoms with Crippen molar-refractivity contribution in [3.05, 3.63) is 64.8 Å². The summed E-state index contributed by atoms with van der Waals surface area (Å²) in [5.41, 5.74) is 3.64. The zero-order valence-electron chi connectivity index (χ0n) is 14.7. The number of halogens is 1. The van der Waals surface area contributed by atoms with Crippen molar-refractivity contribution >= 4 is 45.0 Å². The summed E-state index contributed by atoms with van der Waals surface area (Å²) in [6.45, 7) is 1.99. The molecule has 3 aromatic rings. The van der Waals surface area contributed by atoms with Gasteiger partial charge in [0.1, 0.15) is 11.6 Å². The normalized spacial score (nSPS) is 18.3. The lowest BCUT2D eigenvalue weighted by atomic mass is 10.1. The first-order valence-corrected chi connectivity index (χ1v) is 9.97. The molecule has 4 rings (SSSR count). The van der Waals surface area contributed by atoms with Crippen LogP contribution in [0, 0.1) is 6.92 Å². The van der Waals surface area contributed by atoms with Crippen LogP contribution in [0.4, 0.5) is 0 Å². The lowest BCUT2D eigenvalue weighted by molar-refractivity contribution is -0.119. The molecule has 138 valence electrons. The van der Waals surface area contributed by atoms with E-state index in [1.807, 2.05) is 49.4 Å². The lowest BCUT2D eigenvalue weighted by Gasteiger charge is -2.22. The second-order valence-electron chi connectivity index (χ2n) is 6.69. The number of aryl methyl sites for hydroxylation is 1. The molecule has 0 bridgehead atoms. The zero-order chi connectivity index (χ0) is 19.0. The molecule has 0 saturated carbocycles. The van der Waals surface area contributed by atoms with Crippen LogP contribution in [-0.2, 0) is 11.2 Å². The zero-order valence-corrected chi connectivity index (χ0v) is 16.2. The highest BCUT2D eigenvalue weighted by atomic mass is 35.5. The molecule has 2 amide bonds. The highest BCUT2D eigenvalue weighted by Gasteiger charge is 2.35. The van der Waals surface area contributed by atoms with Gasteiger partial charge in [0.15, 0.2) is 0 Å². The number of aromatic nitrogens is 1. The SMILES string of the molecule is Cc1ccc2snc(C(=O)N[C@@H]3Cc4ccccc4[C@H]3NC(=O)CCl)c2c1. The molecule has 0 saturated heterocycles. The van der Waals surface area contributed by atoms with E-state index >= 15 is 0 Å². The average molecular weight is 400 g/mol. The Hall–Kier alpha value is -2.44. The molecule has 1 aliphatic carbocycles. The number of benzene rings is 2. The second kappa shape index (κ2) is 7.29. The molecule has 7 heteroatoms. The minimum atomic E-state index is -0.303. The summed E-state index contributed by atoms with van der Waals surface area (Å²) < 4.78 is 5.33. The van der Waals surface area contributed by atoms with Gasteiger partial charge in [-0.1, -0.05) is 35.9 Å². The van der Waals surface area contributed by atoms with Gasteiger partial charge in [0.05, 0.1) is 16.8 Å². The van der Waals surface area contributed by atoms with Crippen LogP contribution >= 0.6 is 23.1 Å². The monoisotopic (exact) mass is 399 g/mol. The van der Waals surface area contributed by atoms with Crippen molar-refractivity contribution in [2.45, 2.75) is 25.4 Å². The number of hydrogen-bond acceptors (Lipinski definition) is 4. The summed E-state index contributed by atoms with van der Waals surface area (Å²) in [4.78, 5) is 24.8. The highest BCUT2D eigenvalue weighted by molar-refractivity contribution is 7.13. The summed E-state index contributed by atoms with van der Waals surface area (Å²) in [6, 6.07) is 13.3. The van der Waals surface area contributed by atoms with Gasteiger partial charge in [0, 0.05) is 5.39 Å². The fourth-order valence-corrected chi connectivity index (χ4v) is 4.40. The van der Waals surface area contributed by atoms with E-state index in [1.54, 1.807) is 0 Å². The summed E-state index contributed by atoms with van der Waals surface area (Å²) >= 11 is 6.98. The van der Waals surface area contributed by atoms with Crippen LogP contribution in [0.5, 0.6) is 0 Å². The number of nitrogens with zero attached hydrogens (tertiary/aromatic N) is 1. The first-order chi connectivity index (χ1) is 13.1. The number of carbonyl (C=O) groups excluding carboxylic acids is 2. The fourth-order valence-electron chi connectivity index (χ4n) is 3.57. The molecule has 1 heterocycles. The van der Waals surface area contributed by atoms with E-state index in [4.69, 9.17) is 11.6 Å². The molecule has 5 nitrogen and oxygen atoms in total. The van der Waals surface area contributed by atoms with Crippen molar-refractivity contribution < 1.29 is 9.59 Å². The summed E-state index contributed by atoms with van der Waals surface area (Å²) in [6.07, 6.45) is 0.649. The number of fused-ring (bicyclic) bond motifs is 2. The smallest absolute Gasteiger partial charge is 0.271 e. The first kappa shape index (κ1) is 17.9. The molecule has 0 radical (unpaired) electrons. The van der Waals surface area contributed by atoms with E-state index in [-0.39, 0.29) is 29.8 Å². The van der Waals surface area contributed by atoms with Gasteiger partial charge in [0.25, 0.3) is 5.91 Å². The van der Waals surface area contributed by atoms with Gasteiger partial charge in [-0.25, -0.2) is 0 Å². The van der Waals surface area contributed by atoms with Crippen molar-refractivity contribution in [1.29, 1.82) is 0 Å². The number of rotatable bonds is 4. The lowest BCUT2D eigenvalue weighted by Crippen LogP contribution is -2.44. The van der Waals surface area contributed by atoms with Gasteiger partial charge < -0.3 is 10.6 Å². The summed E-state index contributed by atoms with van der Waals surface area (Å²) in [5.74, 6) is -0.600. The van der Waals surface area contributed by atoms with Gasteiger partial charge in [-0.3, -0.25) is 9.59 Å². The largest absolute Gasteiger partial charge is 0.346 e. The van der Waals surface area contributed by atoms with Crippen molar-refractivity contribution in [1.82, 2.24) is 15.0 Å². The topological polar surface area (TPSA) is 71.1 Å². The molecule has 0 unspecified atom stereocenters. The molecule has 1 aliphatic rings. The first-order valence-electron chi connectivity index (χ1n) is 8.67. The van der Waals surface area contributed by atoms with Gasteiger partial charge in [-0.05, 0) is 48.1 Å². The molecule has 2 aromatic carbocycles. The maximum Gasteiger partial charge on any atom is 0.271 e. The van der Waals surface area contributed by atoms with Crippen LogP contribution < -0.4 is 10.6 Å². The van der Waals surface area contributed by atoms with E-state index < -0.39 is 0 Å². The molecule has 1 aromatic heterocycles. The van der Waals surface area contributed by atoms with Gasteiger partial charge in [0.2, 0.25) is 5.91 Å². The standard InChI is InChI=1S/C20H18ClN3O2S/c1-11-6-7-16-14(8-11)19(24-27-16)20(26)22-15-9-12-4-2-3-5-13(12)18(15)23-17(25)10-21/h2-8,15,18H,9-10H2,1H3,(H,22,26)(H,23,25)/t15-,18-/m1/s1. The molecule has 2 atom stereocenters. The Morgan fingerprint density at radius 1 is 1.22 bits per heavy atom. The Balaban J connectivity index is 1.61. The molecule has 0 spiro atoms. The summed E-state index contributed by atoms with van der Waals surface area (Å²) in [5, 5.41) is 6.85. The Morgan fingerprint density at radius 2 is 2.04 bits per heavy atom. The van der Waals surface area contributed by atoms with Crippen molar-refractivity contribution in [3.63, 3.8) is 0 Å². The maximum absolute atomic E-state index is 12.9. The number of alkyl halides is 1.